The molecule has 2 amide bonds. The van der Waals surface area contributed by atoms with E-state index >= 15 is 0 Å². The van der Waals surface area contributed by atoms with Crippen LogP contribution in [0.15, 0.2) is 23.8 Å². The molecule has 0 aliphatic carbocycles. The van der Waals surface area contributed by atoms with E-state index in [1.807, 2.05) is 0 Å². The van der Waals surface area contributed by atoms with Gasteiger partial charge in [0.2, 0.25) is 0 Å². The van der Waals surface area contributed by atoms with Crippen LogP contribution in [0.25, 0.3) is 0 Å². The first kappa shape index (κ1) is 11.7. The smallest absolute Gasteiger partial charge is 0.261 e. The van der Waals surface area contributed by atoms with Gasteiger partial charge in [-0.15, -0.1) is 0 Å². The van der Waals surface area contributed by atoms with Crippen molar-refractivity contribution < 1.29 is 18.4 Å². The van der Waals surface area contributed by atoms with E-state index in [4.69, 9.17) is 11.6 Å². The van der Waals surface area contributed by atoms with Crippen LogP contribution in [-0.2, 0) is 9.59 Å². The van der Waals surface area contributed by atoms with Gasteiger partial charge in [-0.3, -0.25) is 9.59 Å². The number of imide groups is 1. The van der Waals surface area contributed by atoms with Crippen LogP contribution < -0.4 is 4.90 Å². The number of nitrogens with zero attached hydrogens (tertiary/aromatic N) is 1. The maximum atomic E-state index is 13.5. The number of rotatable bonds is 1. The molecule has 0 saturated heterocycles. The molecule has 0 atom stereocenters. The Morgan fingerprint density at radius 3 is 2.35 bits per heavy atom. The molecule has 2 rings (SSSR count). The summed E-state index contributed by atoms with van der Waals surface area (Å²) in [7, 11) is 0. The number of carbonyl (C=O) groups excluding carboxylic acids is 2. The van der Waals surface area contributed by atoms with Crippen LogP contribution in [0.2, 0.25) is 5.02 Å². The Morgan fingerprint density at radius 2 is 1.88 bits per heavy atom. The van der Waals surface area contributed by atoms with Gasteiger partial charge in [-0.2, -0.15) is 0 Å². The van der Waals surface area contributed by atoms with Crippen LogP contribution in [0.1, 0.15) is 6.92 Å². The van der Waals surface area contributed by atoms with Crippen molar-refractivity contribution in [3.8, 4) is 0 Å². The Morgan fingerprint density at radius 1 is 1.24 bits per heavy atom. The monoisotopic (exact) mass is 257 g/mol. The molecular formula is C11H6ClF2NO2. The molecule has 0 fully saturated rings. The zero-order chi connectivity index (χ0) is 12.7. The lowest BCUT2D eigenvalue weighted by Gasteiger charge is -2.16. The third-order valence-electron chi connectivity index (χ3n) is 2.31. The minimum Gasteiger partial charge on any atom is -0.269 e. The van der Waals surface area contributed by atoms with Crippen molar-refractivity contribution in [2.75, 3.05) is 4.90 Å². The van der Waals surface area contributed by atoms with Crippen molar-refractivity contribution in [3.05, 3.63) is 40.4 Å². The van der Waals surface area contributed by atoms with Gasteiger partial charge in [0.15, 0.2) is 5.82 Å². The Kier molecular flexibility index (Phi) is 2.71. The van der Waals surface area contributed by atoms with Gasteiger partial charge in [0, 0.05) is 17.7 Å². The zero-order valence-corrected chi connectivity index (χ0v) is 9.39. The van der Waals surface area contributed by atoms with Crippen molar-refractivity contribution in [2.24, 2.45) is 0 Å². The van der Waals surface area contributed by atoms with Crippen LogP contribution in [0.5, 0.6) is 0 Å². The van der Waals surface area contributed by atoms with Crippen molar-refractivity contribution in [1.82, 2.24) is 0 Å². The lowest BCUT2D eigenvalue weighted by atomic mass is 10.2. The molecule has 1 aliphatic heterocycles. The molecule has 88 valence electrons. The molecule has 1 aromatic rings. The predicted molar refractivity (Wildman–Crippen MR) is 57.6 cm³/mol. The molecule has 1 aliphatic rings. The summed E-state index contributed by atoms with van der Waals surface area (Å²) in [5.41, 5.74) is -0.244. The highest BCUT2D eigenvalue weighted by Gasteiger charge is 2.33. The van der Waals surface area contributed by atoms with E-state index in [-0.39, 0.29) is 10.6 Å². The first-order valence-corrected chi connectivity index (χ1v) is 5.01. The van der Waals surface area contributed by atoms with Crippen LogP contribution in [0.3, 0.4) is 0 Å². The summed E-state index contributed by atoms with van der Waals surface area (Å²) in [5, 5.41) is -0.327. The van der Waals surface area contributed by atoms with E-state index in [2.05, 4.69) is 0 Å². The van der Waals surface area contributed by atoms with E-state index in [9.17, 15) is 18.4 Å². The van der Waals surface area contributed by atoms with E-state index in [0.717, 1.165) is 12.1 Å². The number of anilines is 1. The highest BCUT2D eigenvalue weighted by atomic mass is 35.5. The molecule has 17 heavy (non-hydrogen) atoms. The highest BCUT2D eigenvalue weighted by Crippen LogP contribution is 2.33. The summed E-state index contributed by atoms with van der Waals surface area (Å²) in [4.78, 5) is 23.7. The van der Waals surface area contributed by atoms with Gasteiger partial charge in [-0.1, -0.05) is 11.6 Å². The van der Waals surface area contributed by atoms with E-state index in [0.29, 0.717) is 11.0 Å². The summed E-state index contributed by atoms with van der Waals surface area (Å²) in [6.07, 6.45) is 1.07. The third-order valence-corrected chi connectivity index (χ3v) is 2.59. The lowest BCUT2D eigenvalue weighted by Crippen LogP contribution is -2.31. The summed E-state index contributed by atoms with van der Waals surface area (Å²) in [6.45, 7) is 1.43. The summed E-state index contributed by atoms with van der Waals surface area (Å²) in [6, 6.07) is 1.41. The van der Waals surface area contributed by atoms with Gasteiger partial charge in [0.1, 0.15) is 11.5 Å². The SMILES string of the molecule is CC1=CC(=O)N(c2c(F)cc(F)cc2Cl)C1=O. The van der Waals surface area contributed by atoms with Crippen molar-refractivity contribution in [2.45, 2.75) is 6.92 Å². The molecule has 0 N–H and O–H groups in total. The number of benzene rings is 1. The fourth-order valence-electron chi connectivity index (χ4n) is 1.55. The minimum absolute atomic E-state index is 0.176. The van der Waals surface area contributed by atoms with Gasteiger partial charge in [0.05, 0.1) is 5.02 Å². The second-order valence-electron chi connectivity index (χ2n) is 3.52. The topological polar surface area (TPSA) is 37.4 Å². The molecule has 0 aromatic heterocycles. The first-order chi connectivity index (χ1) is 7.91. The lowest BCUT2D eigenvalue weighted by molar-refractivity contribution is -0.120. The van der Waals surface area contributed by atoms with Crippen molar-refractivity contribution in [3.63, 3.8) is 0 Å². The van der Waals surface area contributed by atoms with E-state index in [1.165, 1.54) is 6.92 Å². The number of hydrogen-bond donors (Lipinski definition) is 0. The number of hydrogen-bond acceptors (Lipinski definition) is 2. The standard InChI is InChI=1S/C11H6ClF2NO2/c1-5-2-9(16)15(11(5)17)10-7(12)3-6(13)4-8(10)14/h2-4H,1H3. The molecule has 1 heterocycles. The molecule has 0 spiro atoms. The summed E-state index contributed by atoms with van der Waals surface area (Å²) in [5.74, 6) is -3.29. The quantitative estimate of drug-likeness (QED) is 0.725. The minimum atomic E-state index is -1.06. The number of halogens is 3. The Labute approximate surface area is 100 Å². The molecule has 0 radical (unpaired) electrons. The molecule has 0 saturated carbocycles. The average Bonchev–Trinajstić information content (AvgIpc) is 2.43. The molecular weight excluding hydrogens is 252 g/mol. The first-order valence-electron chi connectivity index (χ1n) is 4.63. The normalized spacial score (nSPS) is 15.5. The highest BCUT2D eigenvalue weighted by molar-refractivity contribution is 6.38. The van der Waals surface area contributed by atoms with E-state index in [1.54, 1.807) is 0 Å². The van der Waals surface area contributed by atoms with Gasteiger partial charge < -0.3 is 0 Å². The summed E-state index contributed by atoms with van der Waals surface area (Å²) < 4.78 is 26.4. The fourth-order valence-corrected chi connectivity index (χ4v) is 1.83. The van der Waals surface area contributed by atoms with Crippen LogP contribution in [0.4, 0.5) is 14.5 Å². The van der Waals surface area contributed by atoms with Crippen molar-refractivity contribution >= 4 is 29.1 Å². The molecule has 3 nitrogen and oxygen atoms in total. The molecule has 1 aromatic carbocycles. The maximum Gasteiger partial charge on any atom is 0.261 e. The second kappa shape index (κ2) is 3.92. The van der Waals surface area contributed by atoms with Gasteiger partial charge in [0.25, 0.3) is 11.8 Å². The van der Waals surface area contributed by atoms with Crippen LogP contribution >= 0.6 is 11.6 Å². The summed E-state index contributed by atoms with van der Waals surface area (Å²) >= 11 is 5.64. The largest absolute Gasteiger partial charge is 0.269 e. The van der Waals surface area contributed by atoms with Gasteiger partial charge >= 0.3 is 0 Å². The third kappa shape index (κ3) is 1.82. The fraction of sp³-hybridized carbons (Fsp3) is 0.0909. The number of carbonyl (C=O) groups is 2. The van der Waals surface area contributed by atoms with Crippen LogP contribution in [-0.4, -0.2) is 11.8 Å². The maximum absolute atomic E-state index is 13.5. The second-order valence-corrected chi connectivity index (χ2v) is 3.93. The Hall–Kier alpha value is -1.75. The predicted octanol–water partition coefficient (Wildman–Crippen LogP) is 2.44. The number of amides is 2. The van der Waals surface area contributed by atoms with Gasteiger partial charge in [-0.25, -0.2) is 13.7 Å². The van der Waals surface area contributed by atoms with Crippen LogP contribution in [0, 0.1) is 11.6 Å². The van der Waals surface area contributed by atoms with E-state index < -0.39 is 29.1 Å². The Balaban J connectivity index is 2.57. The average molecular weight is 258 g/mol. The molecule has 0 bridgehead atoms. The van der Waals surface area contributed by atoms with Gasteiger partial charge in [-0.05, 0) is 13.0 Å². The molecule has 0 unspecified atom stereocenters. The Bertz CT molecular complexity index is 546. The molecule has 6 heteroatoms. The zero-order valence-electron chi connectivity index (χ0n) is 8.63. The van der Waals surface area contributed by atoms with Crippen molar-refractivity contribution in [1.29, 1.82) is 0 Å².